The molecule has 2 amide bonds. The molecule has 20 heavy (non-hydrogen) atoms. The first-order valence-electron chi connectivity index (χ1n) is 5.67. The van der Waals surface area contributed by atoms with Crippen LogP contribution < -0.4 is 5.32 Å². The number of ether oxygens (including phenoxy) is 1. The molecule has 0 spiro atoms. The van der Waals surface area contributed by atoms with E-state index in [0.29, 0.717) is 15.7 Å². The largest absolute Gasteiger partial charge is 0.455 e. The van der Waals surface area contributed by atoms with E-state index in [1.807, 2.05) is 0 Å². The van der Waals surface area contributed by atoms with Gasteiger partial charge >= 0.3 is 12.0 Å². The summed E-state index contributed by atoms with van der Waals surface area (Å²) in [5.74, 6) is -0.382. The second kappa shape index (κ2) is 8.24. The summed E-state index contributed by atoms with van der Waals surface area (Å²) in [5.41, 5.74) is 0.522. The molecule has 0 bridgehead atoms. The fraction of sp³-hybridized carbons (Fsp3) is 0.333. The molecule has 0 atom stereocenters. The molecule has 0 aliphatic heterocycles. The maximum absolute atomic E-state index is 11.9. The SMILES string of the molecule is CN(CCC(=O)OCS)C(=O)Nc1ccc(Cl)c(Cl)c1. The topological polar surface area (TPSA) is 58.6 Å². The van der Waals surface area contributed by atoms with Crippen LogP contribution in [0.5, 0.6) is 0 Å². The van der Waals surface area contributed by atoms with E-state index in [0.717, 1.165) is 0 Å². The molecule has 1 aromatic carbocycles. The van der Waals surface area contributed by atoms with E-state index < -0.39 is 5.97 Å². The molecule has 1 rings (SSSR count). The van der Waals surface area contributed by atoms with Crippen LogP contribution >= 0.6 is 35.8 Å². The van der Waals surface area contributed by atoms with Crippen LogP contribution in [0.1, 0.15) is 6.42 Å². The third kappa shape index (κ3) is 5.48. The smallest absolute Gasteiger partial charge is 0.321 e. The molecule has 0 saturated heterocycles. The zero-order chi connectivity index (χ0) is 15.1. The van der Waals surface area contributed by atoms with Gasteiger partial charge in [0.25, 0.3) is 0 Å². The summed E-state index contributed by atoms with van der Waals surface area (Å²) in [5, 5.41) is 3.40. The summed E-state index contributed by atoms with van der Waals surface area (Å²) in [4.78, 5) is 24.4. The number of hydrogen-bond donors (Lipinski definition) is 2. The lowest BCUT2D eigenvalue weighted by molar-refractivity contribution is -0.141. The van der Waals surface area contributed by atoms with Crippen molar-refractivity contribution in [3.63, 3.8) is 0 Å². The lowest BCUT2D eigenvalue weighted by Gasteiger charge is -2.17. The minimum absolute atomic E-state index is 0.0258. The van der Waals surface area contributed by atoms with Gasteiger partial charge in [-0.2, -0.15) is 0 Å². The highest BCUT2D eigenvalue weighted by Crippen LogP contribution is 2.25. The van der Waals surface area contributed by atoms with Crippen molar-refractivity contribution in [2.75, 3.05) is 24.8 Å². The van der Waals surface area contributed by atoms with Gasteiger partial charge in [-0.05, 0) is 18.2 Å². The number of nitrogens with one attached hydrogen (secondary N) is 1. The Hall–Kier alpha value is -1.11. The number of nitrogens with zero attached hydrogens (tertiary/aromatic N) is 1. The number of esters is 1. The van der Waals surface area contributed by atoms with Gasteiger partial charge < -0.3 is 15.0 Å². The summed E-state index contributed by atoms with van der Waals surface area (Å²) in [6, 6.07) is 4.41. The number of rotatable bonds is 5. The number of urea groups is 1. The molecule has 0 aromatic heterocycles. The number of hydrogen-bond acceptors (Lipinski definition) is 4. The maximum atomic E-state index is 11.9. The predicted octanol–water partition coefficient (Wildman–Crippen LogP) is 3.28. The monoisotopic (exact) mass is 336 g/mol. The van der Waals surface area contributed by atoms with Crippen molar-refractivity contribution >= 4 is 53.5 Å². The lowest BCUT2D eigenvalue weighted by atomic mass is 10.3. The Labute approximate surface area is 132 Å². The van der Waals surface area contributed by atoms with Crippen molar-refractivity contribution in [3.8, 4) is 0 Å². The molecule has 110 valence electrons. The molecular formula is C12H14Cl2N2O3S. The Kier molecular flexibility index (Phi) is 6.98. The van der Waals surface area contributed by atoms with Gasteiger partial charge in [0, 0.05) is 19.3 Å². The minimum Gasteiger partial charge on any atom is -0.455 e. The van der Waals surface area contributed by atoms with Crippen molar-refractivity contribution < 1.29 is 14.3 Å². The van der Waals surface area contributed by atoms with E-state index >= 15 is 0 Å². The summed E-state index contributed by atoms with van der Waals surface area (Å²) in [6.07, 6.45) is 0.103. The molecule has 0 saturated carbocycles. The van der Waals surface area contributed by atoms with Gasteiger partial charge in [0.05, 0.1) is 16.5 Å². The molecule has 0 unspecified atom stereocenters. The quantitative estimate of drug-likeness (QED) is 0.492. The van der Waals surface area contributed by atoms with Crippen LogP contribution in [0.3, 0.4) is 0 Å². The zero-order valence-electron chi connectivity index (χ0n) is 10.7. The Bertz CT molecular complexity index is 500. The summed E-state index contributed by atoms with van der Waals surface area (Å²) in [6.45, 7) is 0.236. The molecule has 0 fully saturated rings. The average Bonchev–Trinajstić information content (AvgIpc) is 2.40. The van der Waals surface area contributed by atoms with Crippen molar-refractivity contribution in [2.24, 2.45) is 0 Å². The number of benzene rings is 1. The van der Waals surface area contributed by atoms with Gasteiger partial charge in [-0.3, -0.25) is 4.79 Å². The van der Waals surface area contributed by atoms with Gasteiger partial charge in [-0.1, -0.05) is 23.2 Å². The first-order chi connectivity index (χ1) is 9.43. The normalized spacial score (nSPS) is 10.0. The van der Waals surface area contributed by atoms with Crippen LogP contribution in [0.4, 0.5) is 10.5 Å². The van der Waals surface area contributed by atoms with E-state index in [1.165, 1.54) is 4.90 Å². The van der Waals surface area contributed by atoms with Crippen LogP contribution in [0.15, 0.2) is 18.2 Å². The van der Waals surface area contributed by atoms with Crippen LogP contribution in [-0.4, -0.2) is 36.4 Å². The predicted molar refractivity (Wildman–Crippen MR) is 82.7 cm³/mol. The molecule has 8 heteroatoms. The van der Waals surface area contributed by atoms with E-state index in [-0.39, 0.29) is 24.9 Å². The Morgan fingerprint density at radius 3 is 2.65 bits per heavy atom. The number of thiol groups is 1. The van der Waals surface area contributed by atoms with Crippen LogP contribution in [0.2, 0.25) is 10.0 Å². The summed E-state index contributed by atoms with van der Waals surface area (Å²) < 4.78 is 4.65. The van der Waals surface area contributed by atoms with Crippen molar-refractivity contribution in [1.29, 1.82) is 0 Å². The van der Waals surface area contributed by atoms with Crippen molar-refractivity contribution in [2.45, 2.75) is 6.42 Å². The van der Waals surface area contributed by atoms with Crippen molar-refractivity contribution in [3.05, 3.63) is 28.2 Å². The maximum Gasteiger partial charge on any atom is 0.321 e. The van der Waals surface area contributed by atoms with Crippen LogP contribution in [0.25, 0.3) is 0 Å². The van der Waals surface area contributed by atoms with E-state index in [9.17, 15) is 9.59 Å². The third-order valence-corrected chi connectivity index (χ3v) is 3.26. The molecule has 1 N–H and O–H groups in total. The highest BCUT2D eigenvalue weighted by Gasteiger charge is 2.12. The van der Waals surface area contributed by atoms with Gasteiger partial charge in [-0.25, -0.2) is 4.79 Å². The number of anilines is 1. The Morgan fingerprint density at radius 2 is 2.05 bits per heavy atom. The second-order valence-corrected chi connectivity index (χ2v) is 4.95. The minimum atomic E-state index is -0.408. The second-order valence-electron chi connectivity index (χ2n) is 3.88. The third-order valence-electron chi connectivity index (χ3n) is 2.39. The molecule has 0 heterocycles. The van der Waals surface area contributed by atoms with Crippen molar-refractivity contribution in [1.82, 2.24) is 4.90 Å². The Morgan fingerprint density at radius 1 is 1.35 bits per heavy atom. The first kappa shape index (κ1) is 16.9. The summed E-state index contributed by atoms with van der Waals surface area (Å²) in [7, 11) is 1.57. The molecule has 0 radical (unpaired) electrons. The molecule has 0 aliphatic rings. The molecule has 5 nitrogen and oxygen atoms in total. The Balaban J connectivity index is 2.48. The van der Waals surface area contributed by atoms with Gasteiger partial charge in [0.2, 0.25) is 0 Å². The van der Waals surface area contributed by atoms with E-state index in [2.05, 4.69) is 22.7 Å². The van der Waals surface area contributed by atoms with Crippen LogP contribution in [-0.2, 0) is 9.53 Å². The fourth-order valence-electron chi connectivity index (χ4n) is 1.30. The van der Waals surface area contributed by atoms with Gasteiger partial charge in [0.1, 0.15) is 5.94 Å². The van der Waals surface area contributed by atoms with Gasteiger partial charge in [0.15, 0.2) is 0 Å². The fourth-order valence-corrected chi connectivity index (χ4v) is 1.74. The highest BCUT2D eigenvalue weighted by atomic mass is 35.5. The highest BCUT2D eigenvalue weighted by molar-refractivity contribution is 7.80. The zero-order valence-corrected chi connectivity index (χ0v) is 13.1. The van der Waals surface area contributed by atoms with Gasteiger partial charge in [-0.15, -0.1) is 12.6 Å². The number of carbonyl (C=O) groups excluding carboxylic acids is 2. The molecular weight excluding hydrogens is 323 g/mol. The number of amides is 2. The lowest BCUT2D eigenvalue weighted by Crippen LogP contribution is -2.33. The summed E-state index contributed by atoms with van der Waals surface area (Å²) >= 11 is 15.4. The van der Waals surface area contributed by atoms with Crippen LogP contribution in [0, 0.1) is 0 Å². The number of halogens is 2. The van der Waals surface area contributed by atoms with E-state index in [4.69, 9.17) is 23.2 Å². The molecule has 0 aliphatic carbocycles. The first-order valence-corrected chi connectivity index (χ1v) is 7.06. The number of carbonyl (C=O) groups is 2. The standard InChI is InChI=1S/C12H14Cl2N2O3S/c1-16(5-4-11(17)19-7-20)12(18)15-8-2-3-9(13)10(14)6-8/h2-3,6,20H,4-5,7H2,1H3,(H,15,18). The average molecular weight is 337 g/mol. The van der Waals surface area contributed by atoms with E-state index in [1.54, 1.807) is 25.2 Å². The molecule has 1 aromatic rings.